The summed E-state index contributed by atoms with van der Waals surface area (Å²) in [4.78, 5) is 12.7. The lowest BCUT2D eigenvalue weighted by molar-refractivity contribution is -0.111. The van der Waals surface area contributed by atoms with E-state index in [2.05, 4.69) is 0 Å². The van der Waals surface area contributed by atoms with Gasteiger partial charge in [0.1, 0.15) is 5.76 Å². The Kier molecular flexibility index (Phi) is 6.47. The Morgan fingerprint density at radius 1 is 0.900 bits per heavy atom. The van der Waals surface area contributed by atoms with Crippen LogP contribution in [0.3, 0.4) is 0 Å². The number of hydrogen-bond acceptors (Lipinski definition) is 6. The molecule has 0 saturated carbocycles. The number of phenols is 2. The molecular formula is C24H24O6. The minimum Gasteiger partial charge on any atom is -0.507 e. The first-order chi connectivity index (χ1) is 14.4. The van der Waals surface area contributed by atoms with Gasteiger partial charge in [-0.1, -0.05) is 18.2 Å². The Hall–Kier alpha value is -3.67. The minimum atomic E-state index is -0.270. The summed E-state index contributed by atoms with van der Waals surface area (Å²) in [5.41, 5.74) is 2.48. The van der Waals surface area contributed by atoms with E-state index in [0.717, 1.165) is 12.0 Å². The van der Waals surface area contributed by atoms with Crippen molar-refractivity contribution in [3.63, 3.8) is 0 Å². The van der Waals surface area contributed by atoms with Crippen molar-refractivity contribution in [3.8, 4) is 23.0 Å². The second-order valence-corrected chi connectivity index (χ2v) is 6.91. The molecule has 156 valence electrons. The van der Waals surface area contributed by atoms with E-state index in [1.54, 1.807) is 36.4 Å². The fourth-order valence-electron chi connectivity index (χ4n) is 3.32. The summed E-state index contributed by atoms with van der Waals surface area (Å²) in [6.07, 6.45) is 6.69. The van der Waals surface area contributed by atoms with Crippen molar-refractivity contribution in [1.82, 2.24) is 0 Å². The van der Waals surface area contributed by atoms with Crippen LogP contribution in [0.4, 0.5) is 0 Å². The number of carbonyl (C=O) groups is 1. The van der Waals surface area contributed by atoms with Crippen LogP contribution < -0.4 is 9.47 Å². The van der Waals surface area contributed by atoms with Crippen LogP contribution in [0.15, 0.2) is 59.4 Å². The molecule has 0 amide bonds. The van der Waals surface area contributed by atoms with Gasteiger partial charge in [-0.2, -0.15) is 0 Å². The molecule has 0 atom stereocenters. The summed E-state index contributed by atoms with van der Waals surface area (Å²) in [5, 5.41) is 30.1. The molecule has 0 heterocycles. The number of ether oxygens (including phenoxy) is 2. The first-order valence-electron chi connectivity index (χ1n) is 9.52. The number of allylic oxidation sites excluding steroid dienone is 3. The van der Waals surface area contributed by atoms with Crippen molar-refractivity contribution in [2.45, 2.75) is 19.3 Å². The molecule has 1 aliphatic rings. The highest BCUT2D eigenvalue weighted by molar-refractivity contribution is 6.07. The number of aliphatic hydroxyl groups excluding tert-OH is 1. The van der Waals surface area contributed by atoms with Gasteiger partial charge in [0.15, 0.2) is 28.8 Å². The first-order valence-corrected chi connectivity index (χ1v) is 9.52. The number of benzene rings is 2. The second-order valence-electron chi connectivity index (χ2n) is 6.91. The zero-order chi connectivity index (χ0) is 21.7. The topological polar surface area (TPSA) is 96.2 Å². The molecule has 0 aromatic heterocycles. The van der Waals surface area contributed by atoms with E-state index < -0.39 is 0 Å². The smallest absolute Gasteiger partial charge is 0.185 e. The molecule has 6 nitrogen and oxygen atoms in total. The average molecular weight is 408 g/mol. The molecule has 0 radical (unpaired) electrons. The van der Waals surface area contributed by atoms with Gasteiger partial charge in [0.25, 0.3) is 0 Å². The Labute approximate surface area is 175 Å². The lowest BCUT2D eigenvalue weighted by Crippen LogP contribution is -2.10. The van der Waals surface area contributed by atoms with Gasteiger partial charge in [0.2, 0.25) is 0 Å². The van der Waals surface area contributed by atoms with Gasteiger partial charge in [-0.15, -0.1) is 0 Å². The monoisotopic (exact) mass is 408 g/mol. The highest BCUT2D eigenvalue weighted by Crippen LogP contribution is 2.33. The van der Waals surface area contributed by atoms with Crippen molar-refractivity contribution in [1.29, 1.82) is 0 Å². The van der Waals surface area contributed by atoms with E-state index in [0.29, 0.717) is 41.1 Å². The fourth-order valence-corrected chi connectivity index (χ4v) is 3.32. The number of phenolic OH excluding ortho intramolecular Hbond substituents is 2. The molecule has 0 unspecified atom stereocenters. The van der Waals surface area contributed by atoms with Gasteiger partial charge in [0.05, 0.1) is 14.2 Å². The molecule has 0 saturated heterocycles. The maximum atomic E-state index is 12.7. The Morgan fingerprint density at radius 3 is 2.13 bits per heavy atom. The average Bonchev–Trinajstić information content (AvgIpc) is 2.75. The quantitative estimate of drug-likeness (QED) is 0.596. The third-order valence-corrected chi connectivity index (χ3v) is 4.94. The number of aliphatic hydroxyl groups is 1. The summed E-state index contributed by atoms with van der Waals surface area (Å²) in [6.45, 7) is 0. The highest BCUT2D eigenvalue weighted by atomic mass is 16.5. The van der Waals surface area contributed by atoms with E-state index in [4.69, 9.17) is 9.47 Å². The van der Waals surface area contributed by atoms with Gasteiger partial charge in [-0.3, -0.25) is 4.79 Å². The molecule has 3 rings (SSSR count). The van der Waals surface area contributed by atoms with Crippen LogP contribution >= 0.6 is 0 Å². The molecule has 3 N–H and O–H groups in total. The van der Waals surface area contributed by atoms with Gasteiger partial charge >= 0.3 is 0 Å². The summed E-state index contributed by atoms with van der Waals surface area (Å²) >= 11 is 0. The number of rotatable bonds is 6. The number of methoxy groups -OCH3 is 2. The number of aromatic hydroxyl groups is 2. The standard InChI is InChI=1S/C24H24O6/c1-29-22-13-15(7-10-20(22)26)6-9-19(25)18-5-3-4-17(24(18)28)12-16-8-11-21(27)23(14-16)30-2/h6-14,26-28H,3-5H2,1-2H3/b9-6+,17-12+. The van der Waals surface area contributed by atoms with Crippen molar-refractivity contribution in [2.24, 2.45) is 0 Å². The third-order valence-electron chi connectivity index (χ3n) is 4.94. The van der Waals surface area contributed by atoms with Gasteiger partial charge in [-0.05, 0) is 72.4 Å². The van der Waals surface area contributed by atoms with E-state index >= 15 is 0 Å². The lowest BCUT2D eigenvalue weighted by Gasteiger charge is -2.17. The molecule has 0 fully saturated rings. The summed E-state index contributed by atoms with van der Waals surface area (Å²) in [5.74, 6) is 0.440. The highest BCUT2D eigenvalue weighted by Gasteiger charge is 2.21. The maximum Gasteiger partial charge on any atom is 0.185 e. The molecule has 1 aliphatic carbocycles. The van der Waals surface area contributed by atoms with Gasteiger partial charge in [0, 0.05) is 5.57 Å². The minimum absolute atomic E-state index is 0.00812. The molecule has 0 spiro atoms. The normalized spacial score (nSPS) is 15.6. The van der Waals surface area contributed by atoms with Crippen molar-refractivity contribution >= 4 is 17.9 Å². The van der Waals surface area contributed by atoms with Crippen molar-refractivity contribution < 1.29 is 29.6 Å². The fraction of sp³-hybridized carbons (Fsp3) is 0.208. The van der Waals surface area contributed by atoms with Crippen LogP contribution in [0.2, 0.25) is 0 Å². The molecule has 6 heteroatoms. The molecular weight excluding hydrogens is 384 g/mol. The van der Waals surface area contributed by atoms with E-state index in [1.807, 2.05) is 0 Å². The van der Waals surface area contributed by atoms with Crippen molar-refractivity contribution in [3.05, 3.63) is 70.5 Å². The molecule has 2 aromatic carbocycles. The van der Waals surface area contributed by atoms with Crippen LogP contribution in [0.1, 0.15) is 30.4 Å². The van der Waals surface area contributed by atoms with Crippen LogP contribution in [0, 0.1) is 0 Å². The Morgan fingerprint density at radius 2 is 1.50 bits per heavy atom. The number of ketones is 1. The molecule has 2 aromatic rings. The van der Waals surface area contributed by atoms with Crippen LogP contribution in [0.5, 0.6) is 23.0 Å². The zero-order valence-electron chi connectivity index (χ0n) is 16.9. The van der Waals surface area contributed by atoms with Crippen LogP contribution in [0.25, 0.3) is 12.2 Å². The van der Waals surface area contributed by atoms with E-state index in [-0.39, 0.29) is 23.0 Å². The molecule has 0 aliphatic heterocycles. The van der Waals surface area contributed by atoms with Gasteiger partial charge in [-0.25, -0.2) is 0 Å². The first kappa shape index (κ1) is 21.0. The van der Waals surface area contributed by atoms with E-state index in [9.17, 15) is 20.1 Å². The second kappa shape index (κ2) is 9.22. The number of hydrogen-bond donors (Lipinski definition) is 3. The summed E-state index contributed by atoms with van der Waals surface area (Å²) < 4.78 is 10.2. The summed E-state index contributed by atoms with van der Waals surface area (Å²) in [6, 6.07) is 9.69. The SMILES string of the molecule is COc1cc(/C=C/C(=O)C2=C(O)/C(=C/c3ccc(O)c(OC)c3)CCC2)ccc1O. The number of carbonyl (C=O) groups excluding carboxylic acids is 1. The van der Waals surface area contributed by atoms with E-state index in [1.165, 1.54) is 32.4 Å². The lowest BCUT2D eigenvalue weighted by atomic mass is 9.89. The van der Waals surface area contributed by atoms with Crippen LogP contribution in [-0.4, -0.2) is 35.3 Å². The van der Waals surface area contributed by atoms with Gasteiger partial charge < -0.3 is 24.8 Å². The predicted molar refractivity (Wildman–Crippen MR) is 115 cm³/mol. The maximum absolute atomic E-state index is 12.7. The summed E-state index contributed by atoms with van der Waals surface area (Å²) in [7, 11) is 2.92. The Bertz CT molecular complexity index is 1050. The largest absolute Gasteiger partial charge is 0.507 e. The molecule has 0 bridgehead atoms. The predicted octanol–water partition coefficient (Wildman–Crippen LogP) is 4.78. The third kappa shape index (κ3) is 4.66. The zero-order valence-corrected chi connectivity index (χ0v) is 16.9. The Balaban J connectivity index is 1.85. The molecule has 30 heavy (non-hydrogen) atoms. The van der Waals surface area contributed by atoms with Crippen molar-refractivity contribution in [2.75, 3.05) is 14.2 Å². The van der Waals surface area contributed by atoms with Crippen LogP contribution in [-0.2, 0) is 4.79 Å².